The Labute approximate surface area is 120 Å². The number of ether oxygens (including phenoxy) is 1. The van der Waals surface area contributed by atoms with Gasteiger partial charge in [0.2, 0.25) is 0 Å². The topological polar surface area (TPSA) is 37.4 Å². The van der Waals surface area contributed by atoms with Crippen molar-refractivity contribution in [3.63, 3.8) is 0 Å². The number of methoxy groups -OCH3 is 1. The van der Waals surface area contributed by atoms with E-state index in [-0.39, 0.29) is 0 Å². The second-order valence-corrected chi connectivity index (χ2v) is 5.38. The van der Waals surface area contributed by atoms with Crippen molar-refractivity contribution in [2.45, 2.75) is 19.4 Å². The highest BCUT2D eigenvalue weighted by Gasteiger charge is 2.08. The van der Waals surface area contributed by atoms with E-state index in [1.807, 2.05) is 24.4 Å². The van der Waals surface area contributed by atoms with Crippen molar-refractivity contribution in [3.05, 3.63) is 30.5 Å². The summed E-state index contributed by atoms with van der Waals surface area (Å²) < 4.78 is 5.30. The zero-order valence-electron chi connectivity index (χ0n) is 12.7. The Morgan fingerprint density at radius 2 is 2.10 bits per heavy atom. The van der Waals surface area contributed by atoms with Crippen molar-refractivity contribution in [3.8, 4) is 5.75 Å². The molecular formula is C16H23N3O. The highest BCUT2D eigenvalue weighted by Crippen LogP contribution is 2.26. The molecule has 0 amide bonds. The zero-order chi connectivity index (χ0) is 14.5. The molecule has 0 aliphatic heterocycles. The first-order valence-electron chi connectivity index (χ1n) is 6.94. The molecule has 0 saturated heterocycles. The van der Waals surface area contributed by atoms with Crippen molar-refractivity contribution in [2.24, 2.45) is 0 Å². The fourth-order valence-corrected chi connectivity index (χ4v) is 2.15. The van der Waals surface area contributed by atoms with Crippen molar-refractivity contribution >= 4 is 16.6 Å². The van der Waals surface area contributed by atoms with Crippen molar-refractivity contribution in [1.29, 1.82) is 0 Å². The Morgan fingerprint density at radius 3 is 2.80 bits per heavy atom. The van der Waals surface area contributed by atoms with E-state index in [2.05, 4.69) is 42.3 Å². The summed E-state index contributed by atoms with van der Waals surface area (Å²) in [6.45, 7) is 3.24. The summed E-state index contributed by atoms with van der Waals surface area (Å²) in [6, 6.07) is 8.46. The van der Waals surface area contributed by atoms with E-state index in [0.717, 1.165) is 29.9 Å². The molecule has 1 aromatic heterocycles. The fourth-order valence-electron chi connectivity index (χ4n) is 2.15. The number of nitrogens with one attached hydrogen (secondary N) is 1. The molecule has 1 heterocycles. The van der Waals surface area contributed by atoms with Crippen LogP contribution in [0.25, 0.3) is 10.8 Å². The number of nitrogens with zero attached hydrogens (tertiary/aromatic N) is 2. The van der Waals surface area contributed by atoms with Crippen LogP contribution in [0.15, 0.2) is 30.5 Å². The molecule has 0 radical (unpaired) electrons. The zero-order valence-corrected chi connectivity index (χ0v) is 12.7. The first kappa shape index (κ1) is 14.6. The largest absolute Gasteiger partial charge is 0.497 e. The maximum atomic E-state index is 5.30. The quantitative estimate of drug-likeness (QED) is 0.878. The molecule has 1 unspecified atom stereocenters. The molecule has 0 spiro atoms. The van der Waals surface area contributed by atoms with Gasteiger partial charge in [-0.05, 0) is 57.6 Å². The van der Waals surface area contributed by atoms with Crippen LogP contribution in [0.1, 0.15) is 13.3 Å². The minimum atomic E-state index is 0.377. The molecule has 4 heteroatoms. The Kier molecular flexibility index (Phi) is 4.79. The first-order valence-corrected chi connectivity index (χ1v) is 6.94. The van der Waals surface area contributed by atoms with Crippen LogP contribution in [0.3, 0.4) is 0 Å². The summed E-state index contributed by atoms with van der Waals surface area (Å²) in [5.74, 6) is 1.78. The van der Waals surface area contributed by atoms with E-state index in [1.54, 1.807) is 7.11 Å². The average Bonchev–Trinajstić information content (AvgIpc) is 2.45. The standard InChI is InChI=1S/C16H23N3O/c1-12(8-10-19(2)3)18-16-15-11-14(20-4)6-5-13(15)7-9-17-16/h5-7,9,11-12H,8,10H2,1-4H3,(H,17,18). The number of pyridine rings is 1. The second-order valence-electron chi connectivity index (χ2n) is 5.38. The number of aromatic nitrogens is 1. The minimum Gasteiger partial charge on any atom is -0.497 e. The van der Waals surface area contributed by atoms with Crippen LogP contribution in [0, 0.1) is 0 Å². The van der Waals surface area contributed by atoms with E-state index < -0.39 is 0 Å². The third-order valence-electron chi connectivity index (χ3n) is 3.37. The maximum absolute atomic E-state index is 5.30. The third-order valence-corrected chi connectivity index (χ3v) is 3.37. The summed E-state index contributed by atoms with van der Waals surface area (Å²) in [5, 5.41) is 5.77. The molecule has 1 N–H and O–H groups in total. The van der Waals surface area contributed by atoms with Gasteiger partial charge in [-0.3, -0.25) is 0 Å². The van der Waals surface area contributed by atoms with E-state index in [4.69, 9.17) is 4.74 Å². The first-order chi connectivity index (χ1) is 9.60. The molecule has 108 valence electrons. The summed E-state index contributed by atoms with van der Waals surface area (Å²) in [4.78, 5) is 6.66. The number of benzene rings is 1. The van der Waals surface area contributed by atoms with Gasteiger partial charge in [0.15, 0.2) is 0 Å². The second kappa shape index (κ2) is 6.57. The van der Waals surface area contributed by atoms with Crippen LogP contribution in [0.4, 0.5) is 5.82 Å². The normalized spacial score (nSPS) is 12.7. The molecule has 20 heavy (non-hydrogen) atoms. The molecule has 0 fully saturated rings. The molecule has 1 aromatic carbocycles. The van der Waals surface area contributed by atoms with Gasteiger partial charge in [0.25, 0.3) is 0 Å². The predicted octanol–water partition coefficient (Wildman–Crippen LogP) is 3.00. The van der Waals surface area contributed by atoms with Crippen molar-refractivity contribution in [1.82, 2.24) is 9.88 Å². The predicted molar refractivity (Wildman–Crippen MR) is 84.6 cm³/mol. The maximum Gasteiger partial charge on any atom is 0.134 e. The van der Waals surface area contributed by atoms with Crippen molar-refractivity contribution < 1.29 is 4.74 Å². The smallest absolute Gasteiger partial charge is 0.134 e. The molecule has 1 atom stereocenters. The van der Waals surface area contributed by atoms with Crippen LogP contribution in [0.2, 0.25) is 0 Å². The Bertz CT molecular complexity index is 569. The average molecular weight is 273 g/mol. The highest BCUT2D eigenvalue weighted by molar-refractivity contribution is 5.92. The molecule has 4 nitrogen and oxygen atoms in total. The van der Waals surface area contributed by atoms with Crippen LogP contribution in [0.5, 0.6) is 5.75 Å². The molecule has 2 aromatic rings. The molecule has 0 aliphatic rings. The van der Waals surface area contributed by atoms with Crippen LogP contribution in [-0.4, -0.2) is 43.7 Å². The van der Waals surface area contributed by atoms with Gasteiger partial charge in [-0.1, -0.05) is 6.07 Å². The summed E-state index contributed by atoms with van der Waals surface area (Å²) >= 11 is 0. The van der Waals surface area contributed by atoms with Crippen LogP contribution < -0.4 is 10.1 Å². The lowest BCUT2D eigenvalue weighted by molar-refractivity contribution is 0.390. The number of rotatable bonds is 6. The SMILES string of the molecule is COc1ccc2ccnc(NC(C)CCN(C)C)c2c1. The monoisotopic (exact) mass is 273 g/mol. The van der Waals surface area contributed by atoms with Crippen molar-refractivity contribution in [2.75, 3.05) is 33.1 Å². The third kappa shape index (κ3) is 3.61. The lowest BCUT2D eigenvalue weighted by Crippen LogP contribution is -2.23. The van der Waals surface area contributed by atoms with Gasteiger partial charge in [-0.15, -0.1) is 0 Å². The summed E-state index contributed by atoms with van der Waals surface area (Å²) in [6.07, 6.45) is 2.92. The van der Waals surface area contributed by atoms with Crippen LogP contribution >= 0.6 is 0 Å². The molecule has 0 saturated carbocycles. The molecular weight excluding hydrogens is 250 g/mol. The van der Waals surface area contributed by atoms with Gasteiger partial charge in [0.05, 0.1) is 7.11 Å². The lowest BCUT2D eigenvalue weighted by atomic mass is 10.1. The van der Waals surface area contributed by atoms with E-state index in [0.29, 0.717) is 6.04 Å². The van der Waals surface area contributed by atoms with E-state index >= 15 is 0 Å². The minimum absolute atomic E-state index is 0.377. The van der Waals surface area contributed by atoms with Gasteiger partial charge in [-0.25, -0.2) is 4.98 Å². The lowest BCUT2D eigenvalue weighted by Gasteiger charge is -2.18. The summed E-state index contributed by atoms with van der Waals surface area (Å²) in [5.41, 5.74) is 0. The Hall–Kier alpha value is -1.81. The van der Waals surface area contributed by atoms with E-state index in [1.165, 1.54) is 5.39 Å². The Morgan fingerprint density at radius 1 is 1.30 bits per heavy atom. The van der Waals surface area contributed by atoms with Gasteiger partial charge in [-0.2, -0.15) is 0 Å². The van der Waals surface area contributed by atoms with E-state index in [9.17, 15) is 0 Å². The molecule has 0 bridgehead atoms. The van der Waals surface area contributed by atoms with Gasteiger partial charge in [0.1, 0.15) is 11.6 Å². The molecule has 2 rings (SSSR count). The number of hydrogen-bond donors (Lipinski definition) is 1. The van der Waals surface area contributed by atoms with Gasteiger partial charge >= 0.3 is 0 Å². The highest BCUT2D eigenvalue weighted by atomic mass is 16.5. The Balaban J connectivity index is 2.20. The number of anilines is 1. The number of fused-ring (bicyclic) bond motifs is 1. The van der Waals surface area contributed by atoms with Gasteiger partial charge < -0.3 is 15.0 Å². The van der Waals surface area contributed by atoms with Crippen LogP contribution in [-0.2, 0) is 0 Å². The fraction of sp³-hybridized carbons (Fsp3) is 0.438. The summed E-state index contributed by atoms with van der Waals surface area (Å²) in [7, 11) is 5.87. The molecule has 0 aliphatic carbocycles. The number of hydrogen-bond acceptors (Lipinski definition) is 4. The van der Waals surface area contributed by atoms with Gasteiger partial charge in [0, 0.05) is 17.6 Å².